The van der Waals surface area contributed by atoms with E-state index in [0.29, 0.717) is 10.8 Å². The van der Waals surface area contributed by atoms with Gasteiger partial charge in [0.2, 0.25) is 5.91 Å². The topological polar surface area (TPSA) is 88.9 Å². The highest BCUT2D eigenvalue weighted by atomic mass is 35.5. The molecule has 2 N–H and O–H groups in total. The highest BCUT2D eigenvalue weighted by Gasteiger charge is 2.12. The summed E-state index contributed by atoms with van der Waals surface area (Å²) >= 11 is 6.03. The van der Waals surface area contributed by atoms with Gasteiger partial charge < -0.3 is 10.6 Å². The molecular weight excluding hydrogens is 380 g/mol. The summed E-state index contributed by atoms with van der Waals surface area (Å²) in [6.07, 6.45) is 3.11. The molecule has 1 aromatic carbocycles. The van der Waals surface area contributed by atoms with E-state index in [2.05, 4.69) is 20.7 Å². The van der Waals surface area contributed by atoms with Crippen LogP contribution in [-0.2, 0) is 4.79 Å². The molecule has 0 saturated carbocycles. The van der Waals surface area contributed by atoms with Gasteiger partial charge in [0, 0.05) is 24.0 Å². The van der Waals surface area contributed by atoms with Gasteiger partial charge in [-0.15, -0.1) is 5.10 Å². The number of aromatic nitrogens is 3. The third-order valence-corrected chi connectivity index (χ3v) is 3.70. The zero-order valence-electron chi connectivity index (χ0n) is 13.6. The number of rotatable bonds is 5. The Morgan fingerprint density at radius 2 is 1.96 bits per heavy atom. The molecule has 2 amide bonds. The number of amides is 2. The zero-order chi connectivity index (χ0) is 19.4. The Labute approximate surface area is 157 Å². The molecule has 0 fully saturated rings. The van der Waals surface area contributed by atoms with Crippen LogP contribution in [0.3, 0.4) is 0 Å². The molecule has 0 bridgehead atoms. The van der Waals surface area contributed by atoms with Gasteiger partial charge in [0.05, 0.1) is 11.6 Å². The predicted molar refractivity (Wildman–Crippen MR) is 93.7 cm³/mol. The van der Waals surface area contributed by atoms with E-state index in [1.807, 2.05) is 0 Å². The fourth-order valence-electron chi connectivity index (χ4n) is 2.14. The van der Waals surface area contributed by atoms with Crippen molar-refractivity contribution in [1.82, 2.24) is 20.1 Å². The van der Waals surface area contributed by atoms with E-state index in [4.69, 9.17) is 11.6 Å². The molecule has 2 aromatic heterocycles. The number of nitrogens with one attached hydrogen (secondary N) is 2. The SMILES string of the molecule is O=C(CNC(=O)c1ccc(F)c(F)c1)Nc1ccn(-c2ncccc2Cl)n1. The molecule has 0 radical (unpaired) electrons. The van der Waals surface area contributed by atoms with Crippen molar-refractivity contribution in [3.8, 4) is 5.82 Å². The lowest BCUT2D eigenvalue weighted by atomic mass is 10.2. The van der Waals surface area contributed by atoms with Gasteiger partial charge >= 0.3 is 0 Å². The van der Waals surface area contributed by atoms with Gasteiger partial charge in [-0.05, 0) is 30.3 Å². The first-order chi connectivity index (χ1) is 12.9. The number of benzene rings is 1. The van der Waals surface area contributed by atoms with Crippen LogP contribution in [0.2, 0.25) is 5.02 Å². The molecular formula is C17H12ClF2N5O2. The summed E-state index contributed by atoms with van der Waals surface area (Å²) in [5.74, 6) is -2.85. The number of hydrogen-bond donors (Lipinski definition) is 2. The van der Waals surface area contributed by atoms with Crippen molar-refractivity contribution >= 4 is 29.2 Å². The molecule has 0 aliphatic rings. The van der Waals surface area contributed by atoms with Crippen LogP contribution in [-0.4, -0.2) is 33.1 Å². The van der Waals surface area contributed by atoms with Crippen molar-refractivity contribution < 1.29 is 18.4 Å². The second-order valence-corrected chi connectivity index (χ2v) is 5.72. The summed E-state index contributed by atoms with van der Waals surface area (Å²) in [5.41, 5.74) is -0.101. The van der Waals surface area contributed by atoms with Crippen LogP contribution in [0.4, 0.5) is 14.6 Å². The van der Waals surface area contributed by atoms with Gasteiger partial charge in [-0.2, -0.15) is 0 Å². The maximum absolute atomic E-state index is 13.1. The van der Waals surface area contributed by atoms with Crippen LogP contribution in [0.25, 0.3) is 5.82 Å². The van der Waals surface area contributed by atoms with Crippen molar-refractivity contribution in [3.05, 3.63) is 71.0 Å². The maximum atomic E-state index is 13.1. The number of nitrogens with zero attached hydrogens (tertiary/aromatic N) is 3. The van der Waals surface area contributed by atoms with Gasteiger partial charge in [0.25, 0.3) is 5.91 Å². The fraction of sp³-hybridized carbons (Fsp3) is 0.0588. The molecule has 7 nitrogen and oxygen atoms in total. The second-order valence-electron chi connectivity index (χ2n) is 5.31. The zero-order valence-corrected chi connectivity index (χ0v) is 14.4. The first kappa shape index (κ1) is 18.5. The molecule has 3 rings (SSSR count). The molecule has 0 saturated heterocycles. The average Bonchev–Trinajstić information content (AvgIpc) is 3.10. The summed E-state index contributed by atoms with van der Waals surface area (Å²) < 4.78 is 27.4. The Morgan fingerprint density at radius 3 is 2.70 bits per heavy atom. The monoisotopic (exact) mass is 391 g/mol. The largest absolute Gasteiger partial charge is 0.343 e. The standard InChI is InChI=1S/C17H12ClF2N5O2/c18-11-2-1-6-21-16(11)25-7-5-14(24-25)23-15(26)9-22-17(27)10-3-4-12(19)13(20)8-10/h1-8H,9H2,(H,22,27)(H,23,24,26). The highest BCUT2D eigenvalue weighted by Crippen LogP contribution is 2.17. The predicted octanol–water partition coefficient (Wildman–Crippen LogP) is 2.57. The number of pyridine rings is 1. The minimum Gasteiger partial charge on any atom is -0.343 e. The van der Waals surface area contributed by atoms with Gasteiger partial charge in [-0.1, -0.05) is 11.6 Å². The van der Waals surface area contributed by atoms with E-state index in [1.165, 1.54) is 10.7 Å². The quantitative estimate of drug-likeness (QED) is 0.699. The molecule has 138 valence electrons. The number of hydrogen-bond acceptors (Lipinski definition) is 4. The lowest BCUT2D eigenvalue weighted by Gasteiger charge is -2.06. The van der Waals surface area contributed by atoms with Crippen LogP contribution in [0.5, 0.6) is 0 Å². The Morgan fingerprint density at radius 1 is 1.15 bits per heavy atom. The first-order valence-corrected chi connectivity index (χ1v) is 8.01. The van der Waals surface area contributed by atoms with Crippen molar-refractivity contribution in [2.75, 3.05) is 11.9 Å². The number of carbonyl (C=O) groups is 2. The normalized spacial score (nSPS) is 10.5. The van der Waals surface area contributed by atoms with E-state index in [9.17, 15) is 18.4 Å². The van der Waals surface area contributed by atoms with Crippen LogP contribution < -0.4 is 10.6 Å². The van der Waals surface area contributed by atoms with Crippen molar-refractivity contribution in [1.29, 1.82) is 0 Å². The summed E-state index contributed by atoms with van der Waals surface area (Å²) in [5, 5.41) is 9.30. The van der Waals surface area contributed by atoms with Crippen molar-refractivity contribution in [2.24, 2.45) is 0 Å². The van der Waals surface area contributed by atoms with E-state index in [1.54, 1.807) is 24.5 Å². The number of anilines is 1. The molecule has 0 aliphatic carbocycles. The lowest BCUT2D eigenvalue weighted by Crippen LogP contribution is -2.33. The minimum absolute atomic E-state index is 0.101. The number of carbonyl (C=O) groups excluding carboxylic acids is 2. The Balaban J connectivity index is 1.57. The van der Waals surface area contributed by atoms with Crippen molar-refractivity contribution in [2.45, 2.75) is 0 Å². The molecule has 3 aromatic rings. The second kappa shape index (κ2) is 7.92. The Kier molecular flexibility index (Phi) is 5.41. The number of halogens is 3. The van der Waals surface area contributed by atoms with Gasteiger partial charge in [-0.25, -0.2) is 18.4 Å². The van der Waals surface area contributed by atoms with Crippen LogP contribution in [0.15, 0.2) is 48.8 Å². The summed E-state index contributed by atoms with van der Waals surface area (Å²) in [6.45, 7) is -0.380. The van der Waals surface area contributed by atoms with Gasteiger partial charge in [-0.3, -0.25) is 9.59 Å². The van der Waals surface area contributed by atoms with Gasteiger partial charge in [0.15, 0.2) is 23.3 Å². The van der Waals surface area contributed by atoms with Crippen LogP contribution in [0.1, 0.15) is 10.4 Å². The minimum atomic E-state index is -1.15. The van der Waals surface area contributed by atoms with E-state index in [0.717, 1.165) is 18.2 Å². The third kappa shape index (κ3) is 4.45. The van der Waals surface area contributed by atoms with E-state index in [-0.39, 0.29) is 17.9 Å². The van der Waals surface area contributed by atoms with Gasteiger partial charge in [0.1, 0.15) is 0 Å². The summed E-state index contributed by atoms with van der Waals surface area (Å²) in [4.78, 5) is 27.9. The fourth-order valence-corrected chi connectivity index (χ4v) is 2.35. The highest BCUT2D eigenvalue weighted by molar-refractivity contribution is 6.32. The van der Waals surface area contributed by atoms with Crippen LogP contribution >= 0.6 is 11.6 Å². The summed E-state index contributed by atoms with van der Waals surface area (Å²) in [6, 6.07) is 7.55. The molecule has 0 aliphatic heterocycles. The maximum Gasteiger partial charge on any atom is 0.251 e. The van der Waals surface area contributed by atoms with Crippen molar-refractivity contribution in [3.63, 3.8) is 0 Å². The van der Waals surface area contributed by atoms with Crippen LogP contribution in [0, 0.1) is 11.6 Å². The first-order valence-electron chi connectivity index (χ1n) is 7.63. The van der Waals surface area contributed by atoms with E-state index >= 15 is 0 Å². The Hall–Kier alpha value is -3.33. The summed E-state index contributed by atoms with van der Waals surface area (Å²) in [7, 11) is 0. The molecule has 2 heterocycles. The molecule has 27 heavy (non-hydrogen) atoms. The lowest BCUT2D eigenvalue weighted by molar-refractivity contribution is -0.115. The molecule has 0 spiro atoms. The molecule has 10 heteroatoms. The Bertz CT molecular complexity index is 1010. The molecule has 0 unspecified atom stereocenters. The van der Waals surface area contributed by atoms with E-state index < -0.39 is 23.4 Å². The third-order valence-electron chi connectivity index (χ3n) is 3.40. The smallest absolute Gasteiger partial charge is 0.251 e. The average molecular weight is 392 g/mol. The molecule has 0 atom stereocenters.